The highest BCUT2D eigenvalue weighted by Gasteiger charge is 2.20. The highest BCUT2D eigenvalue weighted by atomic mass is 32.1. The second kappa shape index (κ2) is 9.38. The zero-order valence-corrected chi connectivity index (χ0v) is 17.8. The van der Waals surface area contributed by atoms with Crippen molar-refractivity contribution in [2.75, 3.05) is 44.8 Å². The highest BCUT2D eigenvalue weighted by molar-refractivity contribution is 7.71. The number of benzene rings is 1. The summed E-state index contributed by atoms with van der Waals surface area (Å²) in [7, 11) is 1.69. The number of rotatable bonds is 7. The maximum absolute atomic E-state index is 9.49. The lowest BCUT2D eigenvalue weighted by Crippen LogP contribution is -2.47. The third kappa shape index (κ3) is 4.53. The van der Waals surface area contributed by atoms with Crippen molar-refractivity contribution >= 4 is 17.9 Å². The second-order valence-electron chi connectivity index (χ2n) is 7.25. The Labute approximate surface area is 181 Å². The van der Waals surface area contributed by atoms with Crippen LogP contribution in [0.5, 0.6) is 5.75 Å². The fourth-order valence-electron chi connectivity index (χ4n) is 3.63. The molecule has 1 aliphatic heterocycles. The molecule has 0 amide bonds. The molecule has 158 valence electrons. The summed E-state index contributed by atoms with van der Waals surface area (Å²) >= 11 is 5.74. The lowest BCUT2D eigenvalue weighted by molar-refractivity contribution is 0.183. The van der Waals surface area contributed by atoms with Gasteiger partial charge >= 0.3 is 0 Å². The van der Waals surface area contributed by atoms with Crippen molar-refractivity contribution in [1.29, 1.82) is 0 Å². The van der Waals surface area contributed by atoms with E-state index < -0.39 is 0 Å². The van der Waals surface area contributed by atoms with Crippen LogP contribution in [0.3, 0.4) is 0 Å². The molecule has 1 saturated heterocycles. The Hall–Kier alpha value is -2.75. The Morgan fingerprint density at radius 3 is 2.40 bits per heavy atom. The Bertz CT molecular complexity index is 1010. The van der Waals surface area contributed by atoms with E-state index in [0.717, 1.165) is 43.3 Å². The number of nitrogens with zero attached hydrogens (tertiary/aromatic N) is 6. The van der Waals surface area contributed by atoms with Crippen LogP contribution in [-0.4, -0.2) is 69.2 Å². The van der Waals surface area contributed by atoms with Gasteiger partial charge in [0.1, 0.15) is 5.75 Å². The third-order valence-electron chi connectivity index (χ3n) is 5.30. The minimum absolute atomic E-state index is 0.292. The molecule has 1 aliphatic rings. The van der Waals surface area contributed by atoms with Gasteiger partial charge in [0.2, 0.25) is 0 Å². The van der Waals surface area contributed by atoms with Crippen molar-refractivity contribution in [3.63, 3.8) is 0 Å². The molecule has 0 saturated carbocycles. The van der Waals surface area contributed by atoms with Gasteiger partial charge < -0.3 is 14.7 Å². The summed E-state index contributed by atoms with van der Waals surface area (Å²) in [5, 5.41) is 14.3. The molecule has 9 heteroatoms. The number of phenols is 1. The van der Waals surface area contributed by atoms with Crippen LogP contribution in [0, 0.1) is 4.77 Å². The number of aromatic hydroxyl groups is 1. The number of anilines is 1. The van der Waals surface area contributed by atoms with E-state index in [1.807, 2.05) is 33.5 Å². The van der Waals surface area contributed by atoms with Gasteiger partial charge in [0, 0.05) is 56.9 Å². The van der Waals surface area contributed by atoms with Crippen LogP contribution >= 0.6 is 12.2 Å². The first-order valence-electron chi connectivity index (χ1n) is 9.99. The van der Waals surface area contributed by atoms with Gasteiger partial charge in [0.05, 0.1) is 19.8 Å². The fourth-order valence-corrected chi connectivity index (χ4v) is 3.91. The number of methoxy groups -OCH3 is 1. The van der Waals surface area contributed by atoms with Crippen LogP contribution in [0.1, 0.15) is 0 Å². The van der Waals surface area contributed by atoms with Gasteiger partial charge in [0.15, 0.2) is 10.6 Å². The quantitative estimate of drug-likeness (QED) is 0.582. The van der Waals surface area contributed by atoms with Crippen molar-refractivity contribution in [3.05, 3.63) is 53.6 Å². The van der Waals surface area contributed by atoms with Gasteiger partial charge in [-0.1, -0.05) is 0 Å². The van der Waals surface area contributed by atoms with Crippen LogP contribution in [0.15, 0.2) is 48.8 Å². The molecule has 3 heterocycles. The predicted molar refractivity (Wildman–Crippen MR) is 118 cm³/mol. The van der Waals surface area contributed by atoms with E-state index in [1.54, 1.807) is 31.6 Å². The summed E-state index contributed by atoms with van der Waals surface area (Å²) in [6.45, 7) is 5.54. The molecular formula is C21H26N6O2S. The van der Waals surface area contributed by atoms with Gasteiger partial charge in [-0.3, -0.25) is 14.5 Å². The summed E-state index contributed by atoms with van der Waals surface area (Å²) in [4.78, 5) is 8.79. The average Bonchev–Trinajstić information content (AvgIpc) is 3.09. The van der Waals surface area contributed by atoms with Crippen LogP contribution in [0.25, 0.3) is 11.4 Å². The third-order valence-corrected chi connectivity index (χ3v) is 5.73. The fraction of sp³-hybridized carbons (Fsp3) is 0.381. The van der Waals surface area contributed by atoms with Gasteiger partial charge in [-0.15, -0.1) is 0 Å². The van der Waals surface area contributed by atoms with E-state index in [9.17, 15) is 5.11 Å². The first-order valence-corrected chi connectivity index (χ1v) is 10.4. The van der Waals surface area contributed by atoms with E-state index in [2.05, 4.69) is 14.8 Å². The minimum Gasteiger partial charge on any atom is -0.508 e. The number of hydrogen-bond donors (Lipinski definition) is 1. The van der Waals surface area contributed by atoms with Crippen LogP contribution < -0.4 is 4.90 Å². The summed E-state index contributed by atoms with van der Waals surface area (Å²) in [6.07, 6.45) is 3.53. The average molecular weight is 427 g/mol. The molecule has 8 nitrogen and oxygen atoms in total. The molecule has 0 radical (unpaired) electrons. The zero-order valence-electron chi connectivity index (χ0n) is 17.0. The maximum atomic E-state index is 9.49. The molecule has 0 bridgehead atoms. The maximum Gasteiger partial charge on any atom is 0.199 e. The summed E-state index contributed by atoms with van der Waals surface area (Å²) in [6, 6.07) is 11.3. The topological polar surface area (TPSA) is 71.6 Å². The Morgan fingerprint density at radius 1 is 1.03 bits per heavy atom. The van der Waals surface area contributed by atoms with Crippen molar-refractivity contribution in [2.45, 2.75) is 13.2 Å². The molecule has 0 atom stereocenters. The molecule has 1 fully saturated rings. The van der Waals surface area contributed by atoms with Crippen molar-refractivity contribution in [2.24, 2.45) is 0 Å². The molecule has 0 unspecified atom stereocenters. The molecular weight excluding hydrogens is 400 g/mol. The SMILES string of the molecule is COCCn1c(-c2ccncc2)nn(CN2CCN(c3ccc(O)cc3)CC2)c1=S. The van der Waals surface area contributed by atoms with Crippen LogP contribution in [0.2, 0.25) is 0 Å². The summed E-state index contributed by atoms with van der Waals surface area (Å²) < 4.78 is 9.89. The molecule has 2 aromatic heterocycles. The number of pyridine rings is 1. The van der Waals surface area contributed by atoms with E-state index >= 15 is 0 Å². The lowest BCUT2D eigenvalue weighted by atomic mass is 10.2. The lowest BCUT2D eigenvalue weighted by Gasteiger charge is -2.35. The molecule has 0 spiro atoms. The van der Waals surface area contributed by atoms with E-state index in [4.69, 9.17) is 22.1 Å². The van der Waals surface area contributed by atoms with E-state index in [0.29, 0.717) is 30.3 Å². The van der Waals surface area contributed by atoms with Crippen molar-refractivity contribution in [3.8, 4) is 17.1 Å². The minimum atomic E-state index is 0.292. The van der Waals surface area contributed by atoms with Gasteiger partial charge in [-0.05, 0) is 48.6 Å². The molecule has 3 aromatic rings. The Morgan fingerprint density at radius 2 is 1.73 bits per heavy atom. The smallest absolute Gasteiger partial charge is 0.199 e. The molecule has 1 N–H and O–H groups in total. The standard InChI is InChI=1S/C21H26N6O2S/c1-29-15-14-26-20(17-6-8-22-9-7-17)23-27(21(26)30)16-24-10-12-25(13-11-24)18-2-4-19(28)5-3-18/h2-9,28H,10-16H2,1H3. The number of aromatic nitrogens is 4. The monoisotopic (exact) mass is 426 g/mol. The number of phenolic OH excluding ortho intramolecular Hbond substituents is 1. The largest absolute Gasteiger partial charge is 0.508 e. The number of piperazine rings is 1. The first kappa shape index (κ1) is 20.5. The zero-order chi connectivity index (χ0) is 20.9. The second-order valence-corrected chi connectivity index (χ2v) is 7.61. The first-order chi connectivity index (χ1) is 14.7. The number of ether oxygens (including phenoxy) is 1. The highest BCUT2D eigenvalue weighted by Crippen LogP contribution is 2.21. The number of hydrogen-bond acceptors (Lipinski definition) is 7. The van der Waals surface area contributed by atoms with Gasteiger partial charge in [-0.2, -0.15) is 5.10 Å². The Balaban J connectivity index is 1.48. The van der Waals surface area contributed by atoms with Crippen LogP contribution in [0.4, 0.5) is 5.69 Å². The van der Waals surface area contributed by atoms with Gasteiger partial charge in [-0.25, -0.2) is 4.68 Å². The molecule has 0 aliphatic carbocycles. The van der Waals surface area contributed by atoms with E-state index in [-0.39, 0.29) is 0 Å². The van der Waals surface area contributed by atoms with Crippen molar-refractivity contribution in [1.82, 2.24) is 24.2 Å². The molecule has 30 heavy (non-hydrogen) atoms. The van der Waals surface area contributed by atoms with Crippen LogP contribution in [-0.2, 0) is 18.0 Å². The Kier molecular flexibility index (Phi) is 6.41. The van der Waals surface area contributed by atoms with E-state index in [1.165, 1.54) is 0 Å². The normalized spacial score (nSPS) is 14.9. The predicted octanol–water partition coefficient (Wildman–Crippen LogP) is 2.61. The summed E-state index contributed by atoms with van der Waals surface area (Å²) in [5.74, 6) is 1.13. The summed E-state index contributed by atoms with van der Waals surface area (Å²) in [5.41, 5.74) is 2.12. The molecule has 4 rings (SSSR count). The van der Waals surface area contributed by atoms with Crippen molar-refractivity contribution < 1.29 is 9.84 Å². The van der Waals surface area contributed by atoms with Gasteiger partial charge in [0.25, 0.3) is 0 Å². The molecule has 1 aromatic carbocycles.